The molecule has 2 aliphatic rings. The summed E-state index contributed by atoms with van der Waals surface area (Å²) >= 11 is 0. The van der Waals surface area contributed by atoms with Crippen molar-refractivity contribution in [1.82, 2.24) is 10.2 Å². The van der Waals surface area contributed by atoms with E-state index in [-0.39, 0.29) is 24.2 Å². The van der Waals surface area contributed by atoms with Crippen LogP contribution in [0.25, 0.3) is 0 Å². The first-order chi connectivity index (χ1) is 13.1. The lowest BCUT2D eigenvalue weighted by atomic mass is 9.85. The Labute approximate surface area is 175 Å². The van der Waals surface area contributed by atoms with Gasteiger partial charge in [-0.25, -0.2) is 0 Å². The number of anilines is 1. The number of rotatable bonds is 7. The second-order valence-electron chi connectivity index (χ2n) is 8.12. The Hall–Kier alpha value is -1.59. The zero-order valence-corrected chi connectivity index (χ0v) is 17.7. The molecule has 3 rings (SSSR count). The number of aryl methyl sites for hydroxylation is 1. The van der Waals surface area contributed by atoms with Crippen molar-refractivity contribution in [1.29, 1.82) is 0 Å². The molecule has 2 unspecified atom stereocenters. The molecule has 28 heavy (non-hydrogen) atoms. The standard InChI is InChI=1S/C22H33N3O2.ClH/c1-17(19-5-4-12-23-16-19)15-21(26)24-20-9-6-18(7-10-20)8-11-22(27)25-13-2-3-14-25;/h6-7,9-10,17,19,23H,2-5,8,11-16H2,1H3,(H,24,26);1H. The third-order valence-electron chi connectivity index (χ3n) is 5.97. The number of likely N-dealkylation sites (tertiary alicyclic amines) is 1. The number of nitrogens with zero attached hydrogens (tertiary/aromatic N) is 1. The average Bonchev–Trinajstić information content (AvgIpc) is 3.23. The lowest BCUT2D eigenvalue weighted by Gasteiger charge is -2.28. The molecule has 2 N–H and O–H groups in total. The molecule has 0 aromatic heterocycles. The molecule has 2 atom stereocenters. The minimum atomic E-state index is 0. The van der Waals surface area contributed by atoms with Crippen LogP contribution in [0.2, 0.25) is 0 Å². The number of benzene rings is 1. The van der Waals surface area contributed by atoms with Gasteiger partial charge in [-0.05, 0) is 74.7 Å². The number of halogens is 1. The van der Waals surface area contributed by atoms with E-state index >= 15 is 0 Å². The number of nitrogens with one attached hydrogen (secondary N) is 2. The molecular weight excluding hydrogens is 374 g/mol. The number of carbonyl (C=O) groups excluding carboxylic acids is 2. The summed E-state index contributed by atoms with van der Waals surface area (Å²) in [5, 5.41) is 6.44. The number of piperidine rings is 1. The molecule has 2 amide bonds. The smallest absolute Gasteiger partial charge is 0.224 e. The van der Waals surface area contributed by atoms with Crippen molar-refractivity contribution in [3.63, 3.8) is 0 Å². The van der Waals surface area contributed by atoms with Crippen LogP contribution in [0.4, 0.5) is 5.69 Å². The fourth-order valence-corrected chi connectivity index (χ4v) is 4.17. The Morgan fingerprint density at radius 3 is 2.54 bits per heavy atom. The van der Waals surface area contributed by atoms with E-state index in [9.17, 15) is 9.59 Å². The minimum absolute atomic E-state index is 0. The van der Waals surface area contributed by atoms with Gasteiger partial charge in [-0.2, -0.15) is 0 Å². The lowest BCUT2D eigenvalue weighted by molar-refractivity contribution is -0.130. The topological polar surface area (TPSA) is 61.4 Å². The second kappa shape index (κ2) is 11.4. The fourth-order valence-electron chi connectivity index (χ4n) is 4.17. The third-order valence-corrected chi connectivity index (χ3v) is 5.97. The van der Waals surface area contributed by atoms with Crippen LogP contribution in [0.5, 0.6) is 0 Å². The second-order valence-corrected chi connectivity index (χ2v) is 8.12. The number of carbonyl (C=O) groups is 2. The number of hydrogen-bond donors (Lipinski definition) is 2. The molecule has 6 heteroatoms. The van der Waals surface area contributed by atoms with Crippen molar-refractivity contribution in [3.05, 3.63) is 29.8 Å². The van der Waals surface area contributed by atoms with E-state index in [1.807, 2.05) is 29.2 Å². The van der Waals surface area contributed by atoms with Gasteiger partial charge in [0, 0.05) is 31.6 Å². The molecule has 0 aliphatic carbocycles. The molecule has 1 aromatic carbocycles. The zero-order valence-electron chi connectivity index (χ0n) is 16.9. The monoisotopic (exact) mass is 407 g/mol. The van der Waals surface area contributed by atoms with Crippen LogP contribution < -0.4 is 10.6 Å². The van der Waals surface area contributed by atoms with Crippen LogP contribution in [0.15, 0.2) is 24.3 Å². The van der Waals surface area contributed by atoms with Crippen molar-refractivity contribution in [2.75, 3.05) is 31.5 Å². The van der Waals surface area contributed by atoms with Gasteiger partial charge in [0.1, 0.15) is 0 Å². The summed E-state index contributed by atoms with van der Waals surface area (Å²) in [6, 6.07) is 7.92. The van der Waals surface area contributed by atoms with Crippen LogP contribution in [0, 0.1) is 11.8 Å². The Kier molecular flexibility index (Phi) is 9.26. The molecule has 1 aromatic rings. The first kappa shape index (κ1) is 22.7. The van der Waals surface area contributed by atoms with Gasteiger partial charge in [-0.15, -0.1) is 12.4 Å². The van der Waals surface area contributed by atoms with E-state index < -0.39 is 0 Å². The summed E-state index contributed by atoms with van der Waals surface area (Å²) in [7, 11) is 0. The molecule has 0 saturated carbocycles. The van der Waals surface area contributed by atoms with Crippen molar-refractivity contribution >= 4 is 29.9 Å². The fraction of sp³-hybridized carbons (Fsp3) is 0.636. The maximum Gasteiger partial charge on any atom is 0.224 e. The maximum atomic E-state index is 12.3. The molecule has 0 bridgehead atoms. The van der Waals surface area contributed by atoms with Gasteiger partial charge in [-0.1, -0.05) is 19.1 Å². The summed E-state index contributed by atoms with van der Waals surface area (Å²) in [5.74, 6) is 1.34. The Morgan fingerprint density at radius 1 is 1.18 bits per heavy atom. The molecule has 2 aliphatic heterocycles. The van der Waals surface area contributed by atoms with Crippen LogP contribution in [-0.4, -0.2) is 42.9 Å². The van der Waals surface area contributed by atoms with Gasteiger partial charge in [-0.3, -0.25) is 9.59 Å². The average molecular weight is 408 g/mol. The van der Waals surface area contributed by atoms with Gasteiger partial charge in [0.25, 0.3) is 0 Å². The van der Waals surface area contributed by atoms with Gasteiger partial charge in [0.05, 0.1) is 0 Å². The predicted molar refractivity (Wildman–Crippen MR) is 116 cm³/mol. The summed E-state index contributed by atoms with van der Waals surface area (Å²) < 4.78 is 0. The van der Waals surface area contributed by atoms with E-state index in [4.69, 9.17) is 0 Å². The van der Waals surface area contributed by atoms with Gasteiger partial charge in [0.15, 0.2) is 0 Å². The molecule has 0 spiro atoms. The van der Waals surface area contributed by atoms with E-state index in [1.54, 1.807) is 0 Å². The van der Waals surface area contributed by atoms with E-state index in [1.165, 1.54) is 12.8 Å². The first-order valence-electron chi connectivity index (χ1n) is 10.5. The number of amides is 2. The molecule has 2 heterocycles. The highest BCUT2D eigenvalue weighted by molar-refractivity contribution is 5.90. The quantitative estimate of drug-likeness (QED) is 0.725. The van der Waals surface area contributed by atoms with Gasteiger partial charge in [0.2, 0.25) is 11.8 Å². The lowest BCUT2D eigenvalue weighted by Crippen LogP contribution is -2.34. The highest BCUT2D eigenvalue weighted by Crippen LogP contribution is 2.23. The van der Waals surface area contributed by atoms with E-state index in [2.05, 4.69) is 17.6 Å². The molecule has 2 fully saturated rings. The Morgan fingerprint density at radius 2 is 1.89 bits per heavy atom. The van der Waals surface area contributed by atoms with Crippen LogP contribution in [0.3, 0.4) is 0 Å². The summed E-state index contributed by atoms with van der Waals surface area (Å²) in [5.41, 5.74) is 1.98. The van der Waals surface area contributed by atoms with Crippen LogP contribution in [0.1, 0.15) is 51.0 Å². The van der Waals surface area contributed by atoms with Crippen molar-refractivity contribution in [3.8, 4) is 0 Å². The van der Waals surface area contributed by atoms with Gasteiger partial charge >= 0.3 is 0 Å². The van der Waals surface area contributed by atoms with Gasteiger partial charge < -0.3 is 15.5 Å². The zero-order chi connectivity index (χ0) is 19.1. The Balaban J connectivity index is 0.00000280. The molecule has 0 radical (unpaired) electrons. The van der Waals surface area contributed by atoms with Crippen LogP contribution in [-0.2, 0) is 16.0 Å². The summed E-state index contributed by atoms with van der Waals surface area (Å²) in [6.07, 6.45) is 6.59. The maximum absolute atomic E-state index is 12.3. The molecule has 5 nitrogen and oxygen atoms in total. The largest absolute Gasteiger partial charge is 0.343 e. The van der Waals surface area contributed by atoms with E-state index in [0.717, 1.165) is 56.7 Å². The SMILES string of the molecule is CC(CC(=O)Nc1ccc(CCC(=O)N2CCCC2)cc1)C1CCCNC1.Cl. The Bertz CT molecular complexity index is 623. The predicted octanol–water partition coefficient (Wildman–Crippen LogP) is 3.63. The molecule has 156 valence electrons. The van der Waals surface area contributed by atoms with Crippen molar-refractivity contribution < 1.29 is 9.59 Å². The summed E-state index contributed by atoms with van der Waals surface area (Å²) in [4.78, 5) is 26.4. The van der Waals surface area contributed by atoms with E-state index in [0.29, 0.717) is 24.7 Å². The minimum Gasteiger partial charge on any atom is -0.343 e. The summed E-state index contributed by atoms with van der Waals surface area (Å²) in [6.45, 7) is 6.14. The number of hydrogen-bond acceptors (Lipinski definition) is 3. The van der Waals surface area contributed by atoms with Crippen molar-refractivity contribution in [2.45, 2.75) is 51.9 Å². The first-order valence-corrected chi connectivity index (χ1v) is 10.5. The normalized spacial score (nSPS) is 20.3. The highest BCUT2D eigenvalue weighted by Gasteiger charge is 2.22. The molecule has 2 saturated heterocycles. The third kappa shape index (κ3) is 6.78. The highest BCUT2D eigenvalue weighted by atomic mass is 35.5. The van der Waals surface area contributed by atoms with Crippen LogP contribution >= 0.6 is 12.4 Å². The molecular formula is C22H34ClN3O2. The van der Waals surface area contributed by atoms with Crippen molar-refractivity contribution in [2.24, 2.45) is 11.8 Å².